The van der Waals surface area contributed by atoms with Gasteiger partial charge in [-0.05, 0) is 48.7 Å². The quantitative estimate of drug-likeness (QED) is 0.560. The molecule has 1 saturated heterocycles. The van der Waals surface area contributed by atoms with Gasteiger partial charge in [0.2, 0.25) is 5.91 Å². The topological polar surface area (TPSA) is 60.0 Å². The van der Waals surface area contributed by atoms with Crippen molar-refractivity contribution in [2.75, 3.05) is 38.8 Å². The van der Waals surface area contributed by atoms with Crippen LogP contribution >= 0.6 is 11.6 Å². The molecule has 1 aliphatic rings. The number of aryl methyl sites for hydroxylation is 1. The Morgan fingerprint density at radius 1 is 1.12 bits per heavy atom. The molecule has 1 atom stereocenters. The molecule has 0 aliphatic carbocycles. The summed E-state index contributed by atoms with van der Waals surface area (Å²) in [6, 6.07) is 10.1. The van der Waals surface area contributed by atoms with Crippen LogP contribution in [0.1, 0.15) is 18.4 Å². The lowest BCUT2D eigenvalue weighted by Crippen LogP contribution is -2.37. The molecule has 1 N–H and O–H groups in total. The molecule has 1 heterocycles. The van der Waals surface area contributed by atoms with E-state index in [1.54, 1.807) is 25.3 Å². The summed E-state index contributed by atoms with van der Waals surface area (Å²) in [5.74, 6) is 0.823. The van der Waals surface area contributed by atoms with Gasteiger partial charge in [-0.1, -0.05) is 17.7 Å². The van der Waals surface area contributed by atoms with Gasteiger partial charge in [-0.15, -0.1) is 0 Å². The van der Waals surface area contributed by atoms with E-state index in [1.807, 2.05) is 12.1 Å². The lowest BCUT2D eigenvalue weighted by atomic mass is 10.1. The molecule has 6 nitrogen and oxygen atoms in total. The number of methoxy groups -OCH3 is 2. The second kappa shape index (κ2) is 10.9. The van der Waals surface area contributed by atoms with Crippen LogP contribution in [0.25, 0.3) is 0 Å². The predicted octanol–water partition coefficient (Wildman–Crippen LogP) is 4.63. The summed E-state index contributed by atoms with van der Waals surface area (Å²) in [5.41, 5.74) is 1.65. The fraction of sp³-hybridized carbons (Fsp3) is 0.435. The molecule has 1 amide bonds. The molecule has 0 saturated carbocycles. The molecule has 1 fully saturated rings. The minimum Gasteiger partial charge on any atom is -0.495 e. The molecule has 2 aromatic carbocycles. The van der Waals surface area contributed by atoms with Crippen LogP contribution in [0.15, 0.2) is 36.4 Å². The number of hydrogen-bond acceptors (Lipinski definition) is 5. The molecular formula is C23H26ClF3N2O4. The number of benzene rings is 2. The third-order valence-electron chi connectivity index (χ3n) is 5.30. The van der Waals surface area contributed by atoms with Crippen LogP contribution in [0.5, 0.6) is 17.2 Å². The molecule has 0 spiro atoms. The Morgan fingerprint density at radius 2 is 1.85 bits per heavy atom. The van der Waals surface area contributed by atoms with E-state index in [4.69, 9.17) is 25.8 Å². The maximum atomic E-state index is 12.5. The largest absolute Gasteiger partial charge is 0.495 e. The fourth-order valence-corrected chi connectivity index (χ4v) is 3.88. The van der Waals surface area contributed by atoms with E-state index in [-0.39, 0.29) is 29.9 Å². The van der Waals surface area contributed by atoms with Crippen molar-refractivity contribution >= 4 is 23.2 Å². The van der Waals surface area contributed by atoms with Crippen LogP contribution in [0, 0.1) is 0 Å². The highest BCUT2D eigenvalue weighted by molar-refractivity contribution is 6.30. The van der Waals surface area contributed by atoms with Gasteiger partial charge in [0.1, 0.15) is 5.75 Å². The number of alkyl halides is 3. The van der Waals surface area contributed by atoms with Gasteiger partial charge in [0.05, 0.1) is 19.9 Å². The van der Waals surface area contributed by atoms with E-state index in [2.05, 4.69) is 10.2 Å². The SMILES string of the molecule is COc1cc(CCC(=O)NC2CCN(c3cc(Cl)ccc3OC)C2)ccc1OCC(F)(F)F. The van der Waals surface area contributed by atoms with E-state index < -0.39 is 12.8 Å². The Balaban J connectivity index is 1.51. The number of halogens is 4. The number of ether oxygens (including phenoxy) is 3. The molecule has 3 rings (SSSR count). The Labute approximate surface area is 195 Å². The Kier molecular flexibility index (Phi) is 8.18. The second-order valence-corrected chi connectivity index (χ2v) is 8.14. The maximum absolute atomic E-state index is 12.5. The summed E-state index contributed by atoms with van der Waals surface area (Å²) >= 11 is 6.12. The molecule has 0 bridgehead atoms. The lowest BCUT2D eigenvalue weighted by molar-refractivity contribution is -0.153. The second-order valence-electron chi connectivity index (χ2n) is 7.70. The minimum atomic E-state index is -4.44. The number of nitrogens with one attached hydrogen (secondary N) is 1. The highest BCUT2D eigenvalue weighted by atomic mass is 35.5. The average Bonchev–Trinajstić information content (AvgIpc) is 3.24. The van der Waals surface area contributed by atoms with Gasteiger partial charge in [-0.25, -0.2) is 0 Å². The number of hydrogen-bond donors (Lipinski definition) is 1. The predicted molar refractivity (Wildman–Crippen MR) is 120 cm³/mol. The highest BCUT2D eigenvalue weighted by Crippen LogP contribution is 2.33. The van der Waals surface area contributed by atoms with Crippen molar-refractivity contribution in [3.05, 3.63) is 47.0 Å². The molecule has 1 aliphatic heterocycles. The first kappa shape index (κ1) is 24.8. The van der Waals surface area contributed by atoms with E-state index in [1.165, 1.54) is 13.2 Å². The van der Waals surface area contributed by atoms with Crippen molar-refractivity contribution < 1.29 is 32.2 Å². The van der Waals surface area contributed by atoms with Crippen LogP contribution < -0.4 is 24.4 Å². The van der Waals surface area contributed by atoms with Crippen molar-refractivity contribution in [2.24, 2.45) is 0 Å². The van der Waals surface area contributed by atoms with Gasteiger partial charge in [-0.3, -0.25) is 4.79 Å². The van der Waals surface area contributed by atoms with E-state index in [9.17, 15) is 18.0 Å². The number of carbonyl (C=O) groups is 1. The number of anilines is 1. The smallest absolute Gasteiger partial charge is 0.422 e. The summed E-state index contributed by atoms with van der Waals surface area (Å²) in [6.45, 7) is 0.00429. The van der Waals surface area contributed by atoms with Crippen molar-refractivity contribution in [1.82, 2.24) is 5.32 Å². The first-order valence-corrected chi connectivity index (χ1v) is 10.8. The Hall–Kier alpha value is -2.81. The number of amides is 1. The zero-order chi connectivity index (χ0) is 24.0. The van der Waals surface area contributed by atoms with E-state index in [0.29, 0.717) is 18.0 Å². The molecule has 180 valence electrons. The van der Waals surface area contributed by atoms with Crippen LogP contribution in [-0.2, 0) is 11.2 Å². The van der Waals surface area contributed by atoms with Crippen LogP contribution in [0.4, 0.5) is 18.9 Å². The summed E-state index contributed by atoms with van der Waals surface area (Å²) in [4.78, 5) is 14.6. The van der Waals surface area contributed by atoms with Gasteiger partial charge < -0.3 is 24.4 Å². The standard InChI is InChI=1S/C23H26ClF3N2O4/c1-31-19-7-5-16(24)12-18(19)29-10-9-17(13-29)28-22(30)8-4-15-3-6-20(21(11-15)32-2)33-14-23(25,26)27/h3,5-7,11-12,17H,4,8-10,13-14H2,1-2H3,(H,28,30). The third kappa shape index (κ3) is 7.08. The van der Waals surface area contributed by atoms with Crippen molar-refractivity contribution in [1.29, 1.82) is 0 Å². The van der Waals surface area contributed by atoms with Gasteiger partial charge in [-0.2, -0.15) is 13.2 Å². The summed E-state index contributed by atoms with van der Waals surface area (Å²) in [7, 11) is 2.96. The molecule has 0 aromatic heterocycles. The number of carbonyl (C=O) groups excluding carboxylic acids is 1. The first-order chi connectivity index (χ1) is 15.7. The Bertz CT molecular complexity index is 971. The molecule has 0 radical (unpaired) electrons. The van der Waals surface area contributed by atoms with Gasteiger partial charge in [0.15, 0.2) is 18.1 Å². The zero-order valence-corrected chi connectivity index (χ0v) is 19.1. The minimum absolute atomic E-state index is 0.00511. The maximum Gasteiger partial charge on any atom is 0.422 e. The fourth-order valence-electron chi connectivity index (χ4n) is 3.71. The lowest BCUT2D eigenvalue weighted by Gasteiger charge is -2.21. The summed E-state index contributed by atoms with van der Waals surface area (Å²) in [6.07, 6.45) is -2.99. The summed E-state index contributed by atoms with van der Waals surface area (Å²) < 4.78 is 52.5. The van der Waals surface area contributed by atoms with E-state index in [0.717, 1.165) is 30.0 Å². The number of rotatable bonds is 9. The van der Waals surface area contributed by atoms with Crippen molar-refractivity contribution in [2.45, 2.75) is 31.5 Å². The zero-order valence-electron chi connectivity index (χ0n) is 18.4. The molecule has 33 heavy (non-hydrogen) atoms. The van der Waals surface area contributed by atoms with Gasteiger partial charge in [0, 0.05) is 30.6 Å². The number of nitrogens with zero attached hydrogens (tertiary/aromatic N) is 1. The highest BCUT2D eigenvalue weighted by Gasteiger charge is 2.29. The third-order valence-corrected chi connectivity index (χ3v) is 5.53. The molecular weight excluding hydrogens is 461 g/mol. The van der Waals surface area contributed by atoms with Crippen molar-refractivity contribution in [3.63, 3.8) is 0 Å². The van der Waals surface area contributed by atoms with Crippen molar-refractivity contribution in [3.8, 4) is 17.2 Å². The van der Waals surface area contributed by atoms with Crippen LogP contribution in [0.3, 0.4) is 0 Å². The van der Waals surface area contributed by atoms with E-state index >= 15 is 0 Å². The van der Waals surface area contributed by atoms with Crippen LogP contribution in [0.2, 0.25) is 5.02 Å². The normalized spacial score (nSPS) is 15.9. The monoisotopic (exact) mass is 486 g/mol. The molecule has 2 aromatic rings. The molecule has 10 heteroatoms. The molecule has 1 unspecified atom stereocenters. The first-order valence-electron chi connectivity index (χ1n) is 10.4. The Morgan fingerprint density at radius 3 is 2.55 bits per heavy atom. The van der Waals surface area contributed by atoms with Crippen LogP contribution in [-0.4, -0.2) is 52.0 Å². The van der Waals surface area contributed by atoms with Gasteiger partial charge >= 0.3 is 6.18 Å². The average molecular weight is 487 g/mol. The van der Waals surface area contributed by atoms with Gasteiger partial charge in [0.25, 0.3) is 0 Å². The summed E-state index contributed by atoms with van der Waals surface area (Å²) in [5, 5.41) is 3.66.